The molecule has 4 rings (SSSR count). The van der Waals surface area contributed by atoms with E-state index in [4.69, 9.17) is 0 Å². The van der Waals surface area contributed by atoms with Crippen LogP contribution >= 0.6 is 27.3 Å². The Morgan fingerprint density at radius 2 is 2.12 bits per heavy atom. The molecule has 2 saturated heterocycles. The topological polar surface area (TPSA) is 141 Å². The molecule has 0 saturated carbocycles. The predicted octanol–water partition coefficient (Wildman–Crippen LogP) is 1.27. The minimum absolute atomic E-state index is 0.107. The van der Waals surface area contributed by atoms with E-state index in [0.717, 1.165) is 26.9 Å². The second-order valence-electron chi connectivity index (χ2n) is 7.58. The Bertz CT molecular complexity index is 1100. The maximum absolute atomic E-state index is 12.9. The summed E-state index contributed by atoms with van der Waals surface area (Å²) in [7, 11) is -3.82. The molecule has 172 valence electrons. The van der Waals surface area contributed by atoms with Crippen molar-refractivity contribution in [1.82, 2.24) is 35.1 Å². The van der Waals surface area contributed by atoms with Gasteiger partial charge in [0.25, 0.3) is 0 Å². The average Bonchev–Trinajstić information content (AvgIpc) is 3.50. The summed E-state index contributed by atoms with van der Waals surface area (Å²) in [6, 6.07) is 2.46. The number of H-pyrrole nitrogens is 1. The van der Waals surface area contributed by atoms with E-state index < -0.39 is 22.0 Å². The molecule has 0 bridgehead atoms. The van der Waals surface area contributed by atoms with Crippen LogP contribution in [0.3, 0.4) is 0 Å². The molecule has 14 heteroatoms. The van der Waals surface area contributed by atoms with Crippen LogP contribution in [-0.2, 0) is 19.6 Å². The summed E-state index contributed by atoms with van der Waals surface area (Å²) in [6.45, 7) is 0.854. The number of hydrogen-bond donors (Lipinski definition) is 2. The van der Waals surface area contributed by atoms with Crippen LogP contribution in [0.25, 0.3) is 6.08 Å². The number of aromatic nitrogens is 4. The first-order valence-electron chi connectivity index (χ1n) is 10.1. The lowest BCUT2D eigenvalue weighted by Crippen LogP contribution is -2.54. The van der Waals surface area contributed by atoms with E-state index in [0.29, 0.717) is 31.8 Å². The van der Waals surface area contributed by atoms with Crippen LogP contribution in [0.2, 0.25) is 0 Å². The van der Waals surface area contributed by atoms with E-state index in [1.165, 1.54) is 22.3 Å². The molecule has 2 unspecified atom stereocenters. The quantitative estimate of drug-likeness (QED) is 0.535. The SMILES string of the molecule is O=C1C(NS(=O)(=O)/C=C/c2ccc(Br)s2)CCCN1CC(=O)N1CCCC1c1nn[nH]n1. The zero-order valence-corrected chi connectivity index (χ0v) is 20.2. The second-order valence-corrected chi connectivity index (χ2v) is 11.7. The van der Waals surface area contributed by atoms with Gasteiger partial charge in [0.2, 0.25) is 21.8 Å². The highest BCUT2D eigenvalue weighted by molar-refractivity contribution is 9.11. The molecule has 2 aromatic rings. The maximum atomic E-state index is 12.9. The Kier molecular flexibility index (Phi) is 7.02. The van der Waals surface area contributed by atoms with E-state index in [1.54, 1.807) is 11.0 Å². The van der Waals surface area contributed by atoms with E-state index >= 15 is 0 Å². The van der Waals surface area contributed by atoms with E-state index in [2.05, 4.69) is 41.3 Å². The largest absolute Gasteiger partial charge is 0.332 e. The molecule has 2 aliphatic heterocycles. The number of nitrogens with zero attached hydrogens (tertiary/aromatic N) is 5. The number of hydrogen-bond acceptors (Lipinski definition) is 8. The highest BCUT2D eigenvalue weighted by Crippen LogP contribution is 2.29. The third kappa shape index (κ3) is 5.42. The van der Waals surface area contributed by atoms with Gasteiger partial charge in [0.1, 0.15) is 6.04 Å². The van der Waals surface area contributed by atoms with Gasteiger partial charge in [-0.2, -0.15) is 9.94 Å². The fraction of sp³-hybridized carbons (Fsp3) is 0.500. The zero-order valence-electron chi connectivity index (χ0n) is 17.0. The van der Waals surface area contributed by atoms with Gasteiger partial charge in [-0.3, -0.25) is 9.59 Å². The Morgan fingerprint density at radius 3 is 2.84 bits per heavy atom. The number of likely N-dealkylation sites (tertiary alicyclic amines) is 2. The van der Waals surface area contributed by atoms with E-state index in [1.807, 2.05) is 6.07 Å². The van der Waals surface area contributed by atoms with Gasteiger partial charge in [0.15, 0.2) is 5.82 Å². The first-order valence-corrected chi connectivity index (χ1v) is 13.3. The summed E-state index contributed by atoms with van der Waals surface area (Å²) in [5, 5.41) is 15.0. The van der Waals surface area contributed by atoms with Crippen molar-refractivity contribution in [3.8, 4) is 0 Å². The molecule has 4 heterocycles. The molecule has 2 atom stereocenters. The number of nitrogens with one attached hydrogen (secondary N) is 2. The molecule has 0 spiro atoms. The van der Waals surface area contributed by atoms with E-state index in [-0.39, 0.29) is 18.5 Å². The summed E-state index contributed by atoms with van der Waals surface area (Å²) in [5.74, 6) is -0.149. The van der Waals surface area contributed by atoms with E-state index in [9.17, 15) is 18.0 Å². The molecule has 2 fully saturated rings. The summed E-state index contributed by atoms with van der Waals surface area (Å²) in [4.78, 5) is 29.7. The predicted molar refractivity (Wildman–Crippen MR) is 121 cm³/mol. The minimum Gasteiger partial charge on any atom is -0.332 e. The van der Waals surface area contributed by atoms with Crippen molar-refractivity contribution in [3.63, 3.8) is 0 Å². The number of carbonyl (C=O) groups excluding carboxylic acids is 2. The molecule has 2 N–H and O–H groups in total. The summed E-state index contributed by atoms with van der Waals surface area (Å²) >= 11 is 4.73. The molecule has 0 radical (unpaired) electrons. The molecule has 0 aliphatic carbocycles. The van der Waals surface area contributed by atoms with Gasteiger partial charge in [-0.1, -0.05) is 5.21 Å². The molecule has 2 amide bonds. The number of carbonyl (C=O) groups is 2. The summed E-state index contributed by atoms with van der Waals surface area (Å²) in [6.07, 6.45) is 4.01. The van der Waals surface area contributed by atoms with Crippen molar-refractivity contribution < 1.29 is 18.0 Å². The lowest BCUT2D eigenvalue weighted by atomic mass is 10.1. The maximum Gasteiger partial charge on any atom is 0.242 e. The van der Waals surface area contributed by atoms with Crippen LogP contribution in [0.4, 0.5) is 0 Å². The Morgan fingerprint density at radius 1 is 1.31 bits per heavy atom. The van der Waals surface area contributed by atoms with Crippen molar-refractivity contribution in [3.05, 3.63) is 32.0 Å². The number of amides is 2. The molecule has 0 aromatic carbocycles. The number of piperidine rings is 1. The average molecular weight is 544 g/mol. The molecule has 2 aromatic heterocycles. The van der Waals surface area contributed by atoms with Crippen molar-refractivity contribution in [2.45, 2.75) is 37.8 Å². The first-order chi connectivity index (χ1) is 15.3. The Labute approximate surface area is 197 Å². The smallest absolute Gasteiger partial charge is 0.242 e. The normalized spacial score (nSPS) is 22.2. The summed E-state index contributed by atoms with van der Waals surface area (Å²) in [5.41, 5.74) is 0. The van der Waals surface area contributed by atoms with Gasteiger partial charge in [-0.25, -0.2) is 8.42 Å². The van der Waals surface area contributed by atoms with Crippen molar-refractivity contribution in [2.75, 3.05) is 19.6 Å². The van der Waals surface area contributed by atoms with Crippen molar-refractivity contribution in [1.29, 1.82) is 0 Å². The molecule has 32 heavy (non-hydrogen) atoms. The first kappa shape index (κ1) is 23.0. The number of sulfonamides is 1. The molecular weight excluding hydrogens is 522 g/mol. The Hall–Kier alpha value is -2.16. The Balaban J connectivity index is 1.37. The van der Waals surface area contributed by atoms with Gasteiger partial charge in [0, 0.05) is 23.4 Å². The number of tetrazole rings is 1. The third-order valence-electron chi connectivity index (χ3n) is 5.40. The second kappa shape index (κ2) is 9.77. The third-order valence-corrected chi connectivity index (χ3v) is 8.10. The van der Waals surface area contributed by atoms with Crippen LogP contribution < -0.4 is 4.72 Å². The van der Waals surface area contributed by atoms with Crippen molar-refractivity contribution in [2.24, 2.45) is 0 Å². The van der Waals surface area contributed by atoms with Gasteiger partial charge < -0.3 is 9.80 Å². The fourth-order valence-corrected chi connectivity index (χ4v) is 6.35. The lowest BCUT2D eigenvalue weighted by molar-refractivity contribution is -0.143. The highest BCUT2D eigenvalue weighted by Gasteiger charge is 2.36. The summed E-state index contributed by atoms with van der Waals surface area (Å²) < 4.78 is 28.3. The molecular formula is C18H22BrN7O4S2. The number of aromatic amines is 1. The monoisotopic (exact) mass is 543 g/mol. The van der Waals surface area contributed by atoms with Gasteiger partial charge >= 0.3 is 0 Å². The van der Waals surface area contributed by atoms with Crippen molar-refractivity contribution >= 4 is 55.2 Å². The van der Waals surface area contributed by atoms with Gasteiger partial charge in [0.05, 0.1) is 16.4 Å². The van der Waals surface area contributed by atoms with Gasteiger partial charge in [-0.05, 0) is 59.8 Å². The number of halogens is 1. The van der Waals surface area contributed by atoms with Crippen LogP contribution in [0, 0.1) is 0 Å². The highest BCUT2D eigenvalue weighted by atomic mass is 79.9. The zero-order chi connectivity index (χ0) is 22.7. The van der Waals surface area contributed by atoms with Crippen LogP contribution in [0.15, 0.2) is 21.3 Å². The molecule has 11 nitrogen and oxygen atoms in total. The minimum atomic E-state index is -3.82. The number of thiophene rings is 1. The molecule has 2 aliphatic rings. The number of rotatable bonds is 7. The van der Waals surface area contributed by atoms with Crippen LogP contribution in [-0.4, -0.2) is 76.3 Å². The standard InChI is InChI=1S/C18H22BrN7O4S2/c19-15-6-5-12(31-15)7-10-32(29,30)22-13-3-1-8-25(18(13)28)11-16(27)26-9-2-4-14(26)17-20-23-24-21-17/h5-7,10,13-14,22H,1-4,8-9,11H2,(H,20,21,23,24)/b10-7+. The fourth-order valence-electron chi connectivity index (χ4n) is 3.92. The van der Waals surface area contributed by atoms with Gasteiger partial charge in [-0.15, -0.1) is 21.5 Å². The van der Waals surface area contributed by atoms with Crippen LogP contribution in [0.1, 0.15) is 42.4 Å². The van der Waals surface area contributed by atoms with Crippen LogP contribution in [0.5, 0.6) is 0 Å². The lowest BCUT2D eigenvalue weighted by Gasteiger charge is -2.33.